The van der Waals surface area contributed by atoms with E-state index in [1.54, 1.807) is 6.92 Å². The monoisotopic (exact) mass is 465 g/mol. The molecule has 1 aromatic carbocycles. The van der Waals surface area contributed by atoms with Crippen molar-refractivity contribution in [2.45, 2.75) is 58.0 Å². The molecule has 2 aliphatic rings. The summed E-state index contributed by atoms with van der Waals surface area (Å²) >= 11 is 0. The SMILES string of the molecule is C1CCC(c2nc(C3CC3)n[nH]2)OC1.Cc1nc2ncnc(-c3ccc(F)cc3F)c2nc1C. The summed E-state index contributed by atoms with van der Waals surface area (Å²) in [4.78, 5) is 21.3. The normalized spacial score (nSPS) is 17.9. The number of aromatic nitrogens is 7. The van der Waals surface area contributed by atoms with Gasteiger partial charge in [0.1, 0.15) is 35.3 Å². The Morgan fingerprint density at radius 2 is 1.79 bits per heavy atom. The van der Waals surface area contributed by atoms with Gasteiger partial charge < -0.3 is 4.74 Å². The minimum Gasteiger partial charge on any atom is -0.370 e. The summed E-state index contributed by atoms with van der Waals surface area (Å²) in [6.07, 6.45) is 7.47. The third-order valence-electron chi connectivity index (χ3n) is 6.01. The van der Waals surface area contributed by atoms with Gasteiger partial charge in [-0.3, -0.25) is 5.10 Å². The van der Waals surface area contributed by atoms with Crippen molar-refractivity contribution < 1.29 is 13.5 Å². The van der Waals surface area contributed by atoms with Crippen molar-refractivity contribution in [3.63, 3.8) is 0 Å². The second-order valence-corrected chi connectivity index (χ2v) is 8.62. The quantitative estimate of drug-likeness (QED) is 0.459. The van der Waals surface area contributed by atoms with E-state index in [0.717, 1.165) is 42.1 Å². The molecule has 1 N–H and O–H groups in total. The first-order valence-corrected chi connectivity index (χ1v) is 11.4. The van der Waals surface area contributed by atoms with E-state index < -0.39 is 11.6 Å². The fraction of sp³-hybridized carbons (Fsp3) is 0.417. The molecular weight excluding hydrogens is 440 g/mol. The standard InChI is InChI=1S/C14H10F2N4.C10H15N3O/c1-7-8(2)20-14-13(19-7)12(17-6-18-14)10-4-3-9(15)5-11(10)16;1-2-6-14-8(3-1)10-11-9(12-13-10)7-4-5-7/h3-6H,1-2H3;7-8H,1-6H2,(H,11,12,13). The van der Waals surface area contributed by atoms with E-state index in [2.05, 4.69) is 35.1 Å². The Kier molecular flexibility index (Phi) is 6.23. The minimum atomic E-state index is -0.690. The predicted molar refractivity (Wildman–Crippen MR) is 121 cm³/mol. The molecule has 1 atom stereocenters. The van der Waals surface area contributed by atoms with Gasteiger partial charge in [0, 0.05) is 24.2 Å². The van der Waals surface area contributed by atoms with E-state index in [1.165, 1.54) is 44.1 Å². The van der Waals surface area contributed by atoms with Gasteiger partial charge in [-0.15, -0.1) is 0 Å². The van der Waals surface area contributed by atoms with Crippen molar-refractivity contribution in [3.8, 4) is 11.3 Å². The molecular formula is C24H25F2N7O. The molecule has 1 saturated carbocycles. The van der Waals surface area contributed by atoms with Crippen molar-refractivity contribution >= 4 is 11.2 Å². The number of halogens is 2. The van der Waals surface area contributed by atoms with Gasteiger partial charge in [0.05, 0.1) is 11.4 Å². The third kappa shape index (κ3) is 4.77. The van der Waals surface area contributed by atoms with Crippen LogP contribution in [0.25, 0.3) is 22.4 Å². The molecule has 10 heteroatoms. The summed E-state index contributed by atoms with van der Waals surface area (Å²) in [5.41, 5.74) is 2.75. The molecule has 2 fully saturated rings. The minimum absolute atomic E-state index is 0.170. The fourth-order valence-corrected chi connectivity index (χ4v) is 3.83. The zero-order chi connectivity index (χ0) is 23.7. The number of nitrogens with one attached hydrogen (secondary N) is 1. The molecule has 4 aromatic rings. The van der Waals surface area contributed by atoms with Crippen LogP contribution in [-0.4, -0.2) is 41.7 Å². The number of hydrogen-bond donors (Lipinski definition) is 1. The number of fused-ring (bicyclic) bond motifs is 1. The van der Waals surface area contributed by atoms with Crippen LogP contribution in [0, 0.1) is 25.5 Å². The van der Waals surface area contributed by atoms with E-state index in [9.17, 15) is 8.78 Å². The molecule has 0 amide bonds. The number of rotatable bonds is 3. The highest BCUT2D eigenvalue weighted by atomic mass is 19.1. The highest BCUT2D eigenvalue weighted by Gasteiger charge is 2.29. The first-order valence-electron chi connectivity index (χ1n) is 11.4. The predicted octanol–water partition coefficient (Wildman–Crippen LogP) is 4.91. The molecule has 1 aliphatic heterocycles. The van der Waals surface area contributed by atoms with Gasteiger partial charge in [0.25, 0.3) is 0 Å². The van der Waals surface area contributed by atoms with Crippen LogP contribution in [0.2, 0.25) is 0 Å². The Balaban J connectivity index is 0.000000150. The summed E-state index contributed by atoms with van der Waals surface area (Å²) in [6, 6.07) is 3.34. The molecule has 8 nitrogen and oxygen atoms in total. The van der Waals surface area contributed by atoms with Gasteiger partial charge in [-0.1, -0.05) is 0 Å². The maximum atomic E-state index is 13.9. The topological polar surface area (TPSA) is 102 Å². The smallest absolute Gasteiger partial charge is 0.182 e. The van der Waals surface area contributed by atoms with Crippen LogP contribution in [0.4, 0.5) is 8.78 Å². The van der Waals surface area contributed by atoms with E-state index in [4.69, 9.17) is 4.74 Å². The van der Waals surface area contributed by atoms with E-state index in [0.29, 0.717) is 22.8 Å². The summed E-state index contributed by atoms with van der Waals surface area (Å²) in [5, 5.41) is 7.25. The Labute approximate surface area is 195 Å². The fourth-order valence-electron chi connectivity index (χ4n) is 3.83. The maximum absolute atomic E-state index is 13.9. The number of benzene rings is 1. The van der Waals surface area contributed by atoms with Gasteiger partial charge in [0.15, 0.2) is 17.3 Å². The summed E-state index contributed by atoms with van der Waals surface area (Å²) in [6.45, 7) is 4.49. The summed E-state index contributed by atoms with van der Waals surface area (Å²) in [7, 11) is 0. The zero-order valence-corrected chi connectivity index (χ0v) is 19.1. The van der Waals surface area contributed by atoms with Crippen molar-refractivity contribution in [2.24, 2.45) is 0 Å². The number of H-pyrrole nitrogens is 1. The molecule has 1 aliphatic carbocycles. The largest absolute Gasteiger partial charge is 0.370 e. The number of hydrogen-bond acceptors (Lipinski definition) is 7. The van der Waals surface area contributed by atoms with Gasteiger partial charge in [-0.05, 0) is 58.1 Å². The first-order chi connectivity index (χ1) is 16.5. The van der Waals surface area contributed by atoms with Crippen LogP contribution in [0.3, 0.4) is 0 Å². The van der Waals surface area contributed by atoms with Gasteiger partial charge in [-0.2, -0.15) is 5.10 Å². The molecule has 0 radical (unpaired) electrons. The molecule has 1 unspecified atom stereocenters. The summed E-state index contributed by atoms with van der Waals surface area (Å²) < 4.78 is 32.5. The highest BCUT2D eigenvalue weighted by molar-refractivity contribution is 5.86. The number of aryl methyl sites for hydroxylation is 2. The Hall–Kier alpha value is -3.40. The molecule has 4 heterocycles. The van der Waals surface area contributed by atoms with Crippen LogP contribution in [0.15, 0.2) is 24.5 Å². The van der Waals surface area contributed by atoms with Crippen LogP contribution in [0.5, 0.6) is 0 Å². The average Bonchev–Trinajstić information content (AvgIpc) is 3.57. The Bertz CT molecular complexity index is 1320. The zero-order valence-electron chi connectivity index (χ0n) is 19.1. The molecule has 0 spiro atoms. The first kappa shape index (κ1) is 22.4. The average molecular weight is 466 g/mol. The van der Waals surface area contributed by atoms with E-state index in [1.807, 2.05) is 6.92 Å². The second kappa shape index (κ2) is 9.46. The second-order valence-electron chi connectivity index (χ2n) is 8.62. The molecule has 0 bridgehead atoms. The van der Waals surface area contributed by atoms with Crippen LogP contribution in [-0.2, 0) is 4.74 Å². The molecule has 176 valence electrons. The van der Waals surface area contributed by atoms with Crippen molar-refractivity contribution in [1.29, 1.82) is 0 Å². The lowest BCUT2D eigenvalue weighted by atomic mass is 10.1. The lowest BCUT2D eigenvalue weighted by Gasteiger charge is -2.19. The van der Waals surface area contributed by atoms with Crippen molar-refractivity contribution in [2.75, 3.05) is 6.61 Å². The lowest BCUT2D eigenvalue weighted by molar-refractivity contribution is 0.00963. The van der Waals surface area contributed by atoms with Crippen LogP contribution >= 0.6 is 0 Å². The Morgan fingerprint density at radius 1 is 0.971 bits per heavy atom. The van der Waals surface area contributed by atoms with Gasteiger partial charge in [0.2, 0.25) is 0 Å². The van der Waals surface area contributed by atoms with Gasteiger partial charge in [-0.25, -0.2) is 33.7 Å². The van der Waals surface area contributed by atoms with Crippen molar-refractivity contribution in [3.05, 3.63) is 59.2 Å². The van der Waals surface area contributed by atoms with E-state index in [-0.39, 0.29) is 11.7 Å². The maximum Gasteiger partial charge on any atom is 0.182 e. The number of nitrogens with zero attached hydrogens (tertiary/aromatic N) is 6. The number of aromatic amines is 1. The highest BCUT2D eigenvalue weighted by Crippen LogP contribution is 2.38. The lowest BCUT2D eigenvalue weighted by Crippen LogP contribution is -2.12. The van der Waals surface area contributed by atoms with E-state index >= 15 is 0 Å². The van der Waals surface area contributed by atoms with Crippen LogP contribution in [0.1, 0.15) is 67.2 Å². The van der Waals surface area contributed by atoms with Crippen LogP contribution < -0.4 is 0 Å². The summed E-state index contributed by atoms with van der Waals surface area (Å²) in [5.74, 6) is 1.23. The number of ether oxygens (including phenoxy) is 1. The third-order valence-corrected chi connectivity index (χ3v) is 6.01. The molecule has 6 rings (SSSR count). The molecule has 1 saturated heterocycles. The molecule has 3 aromatic heterocycles. The Morgan fingerprint density at radius 3 is 2.53 bits per heavy atom. The van der Waals surface area contributed by atoms with Gasteiger partial charge >= 0.3 is 0 Å². The van der Waals surface area contributed by atoms with Crippen molar-refractivity contribution in [1.82, 2.24) is 35.1 Å². The molecule has 34 heavy (non-hydrogen) atoms.